The Bertz CT molecular complexity index is 559. The fraction of sp³-hybridized carbons (Fsp3) is 0.294. The molecule has 104 valence electrons. The summed E-state index contributed by atoms with van der Waals surface area (Å²) in [5.41, 5.74) is 10.5. The van der Waals surface area contributed by atoms with E-state index in [2.05, 4.69) is 41.3 Å². The van der Waals surface area contributed by atoms with Gasteiger partial charge in [0.2, 0.25) is 0 Å². The van der Waals surface area contributed by atoms with E-state index in [-0.39, 0.29) is 0 Å². The number of rotatable bonds is 3. The molecule has 0 aliphatic carbocycles. The third-order valence-electron chi connectivity index (χ3n) is 3.74. The summed E-state index contributed by atoms with van der Waals surface area (Å²) in [5, 5.41) is 0. The van der Waals surface area contributed by atoms with Gasteiger partial charge in [-0.3, -0.25) is 4.90 Å². The lowest BCUT2D eigenvalue weighted by Crippen LogP contribution is -2.35. The van der Waals surface area contributed by atoms with Crippen molar-refractivity contribution in [2.45, 2.75) is 6.54 Å². The van der Waals surface area contributed by atoms with Crippen molar-refractivity contribution in [2.75, 3.05) is 32.0 Å². The van der Waals surface area contributed by atoms with Crippen molar-refractivity contribution in [3.63, 3.8) is 0 Å². The van der Waals surface area contributed by atoms with E-state index in [0.717, 1.165) is 38.5 Å². The standard InChI is InChI=1S/C17H20N2O/c18-16-7-5-14(6-8-16)17-4-2-1-3-15(17)13-19-9-11-20-12-10-19/h1-8H,9-13,18H2. The molecule has 2 aromatic rings. The average Bonchev–Trinajstić information content (AvgIpc) is 2.50. The molecule has 1 aliphatic heterocycles. The van der Waals surface area contributed by atoms with Gasteiger partial charge in [0.25, 0.3) is 0 Å². The summed E-state index contributed by atoms with van der Waals surface area (Å²) in [6.45, 7) is 4.67. The molecule has 3 nitrogen and oxygen atoms in total. The van der Waals surface area contributed by atoms with E-state index in [1.807, 2.05) is 12.1 Å². The predicted octanol–water partition coefficient (Wildman–Crippen LogP) is 2.77. The van der Waals surface area contributed by atoms with E-state index < -0.39 is 0 Å². The average molecular weight is 268 g/mol. The molecule has 2 aromatic carbocycles. The van der Waals surface area contributed by atoms with Crippen LogP contribution >= 0.6 is 0 Å². The highest BCUT2D eigenvalue weighted by Crippen LogP contribution is 2.25. The SMILES string of the molecule is Nc1ccc(-c2ccccc2CN2CCOCC2)cc1. The van der Waals surface area contributed by atoms with Crippen LogP contribution in [0.4, 0.5) is 5.69 Å². The summed E-state index contributed by atoms with van der Waals surface area (Å²) in [4.78, 5) is 2.44. The van der Waals surface area contributed by atoms with Crippen molar-refractivity contribution >= 4 is 5.69 Å². The Kier molecular flexibility index (Phi) is 4.00. The fourth-order valence-electron chi connectivity index (χ4n) is 2.60. The smallest absolute Gasteiger partial charge is 0.0594 e. The quantitative estimate of drug-likeness (QED) is 0.870. The van der Waals surface area contributed by atoms with Gasteiger partial charge < -0.3 is 10.5 Å². The molecule has 2 N–H and O–H groups in total. The highest BCUT2D eigenvalue weighted by Gasteiger charge is 2.13. The number of benzene rings is 2. The minimum absolute atomic E-state index is 0.805. The van der Waals surface area contributed by atoms with Crippen LogP contribution in [0.15, 0.2) is 48.5 Å². The van der Waals surface area contributed by atoms with Gasteiger partial charge in [-0.05, 0) is 28.8 Å². The normalized spacial score (nSPS) is 16.2. The monoisotopic (exact) mass is 268 g/mol. The molecule has 0 bridgehead atoms. The first-order chi connectivity index (χ1) is 9.83. The largest absolute Gasteiger partial charge is 0.399 e. The molecule has 0 amide bonds. The van der Waals surface area contributed by atoms with Gasteiger partial charge >= 0.3 is 0 Å². The number of nitrogens with zero attached hydrogens (tertiary/aromatic N) is 1. The first-order valence-electron chi connectivity index (χ1n) is 7.07. The Labute approximate surface area is 120 Å². The Hall–Kier alpha value is -1.84. The maximum atomic E-state index is 5.77. The Morgan fingerprint density at radius 1 is 0.950 bits per heavy atom. The van der Waals surface area contributed by atoms with Crippen LogP contribution in [0.1, 0.15) is 5.56 Å². The third-order valence-corrected chi connectivity index (χ3v) is 3.74. The summed E-state index contributed by atoms with van der Waals surface area (Å²) < 4.78 is 5.41. The molecule has 0 spiro atoms. The predicted molar refractivity (Wildman–Crippen MR) is 82.4 cm³/mol. The van der Waals surface area contributed by atoms with Crippen LogP contribution in [-0.2, 0) is 11.3 Å². The minimum atomic E-state index is 0.805. The van der Waals surface area contributed by atoms with Crippen molar-refractivity contribution in [1.82, 2.24) is 4.90 Å². The summed E-state index contributed by atoms with van der Waals surface area (Å²) >= 11 is 0. The molecule has 3 heteroatoms. The molecule has 20 heavy (non-hydrogen) atoms. The number of morpholine rings is 1. The van der Waals surface area contributed by atoms with E-state index in [1.165, 1.54) is 16.7 Å². The highest BCUT2D eigenvalue weighted by atomic mass is 16.5. The van der Waals surface area contributed by atoms with Gasteiger partial charge in [-0.1, -0.05) is 36.4 Å². The van der Waals surface area contributed by atoms with Gasteiger partial charge in [0, 0.05) is 25.3 Å². The maximum Gasteiger partial charge on any atom is 0.0594 e. The first-order valence-corrected chi connectivity index (χ1v) is 7.07. The second-order valence-electron chi connectivity index (χ2n) is 5.17. The Morgan fingerprint density at radius 3 is 2.40 bits per heavy atom. The van der Waals surface area contributed by atoms with Gasteiger partial charge in [-0.2, -0.15) is 0 Å². The topological polar surface area (TPSA) is 38.5 Å². The Balaban J connectivity index is 1.85. The number of nitrogen functional groups attached to an aromatic ring is 1. The summed E-state index contributed by atoms with van der Waals surface area (Å²) in [7, 11) is 0. The molecule has 1 aliphatic rings. The first kappa shape index (κ1) is 13.2. The maximum absolute atomic E-state index is 5.77. The summed E-state index contributed by atoms with van der Waals surface area (Å²) in [5.74, 6) is 0. The van der Waals surface area contributed by atoms with Crippen molar-refractivity contribution in [3.8, 4) is 11.1 Å². The second-order valence-corrected chi connectivity index (χ2v) is 5.17. The molecular formula is C17H20N2O. The summed E-state index contributed by atoms with van der Waals surface area (Å²) in [6, 6.07) is 16.7. The molecule has 0 saturated carbocycles. The minimum Gasteiger partial charge on any atom is -0.399 e. The van der Waals surface area contributed by atoms with Gasteiger partial charge in [0.15, 0.2) is 0 Å². The lowest BCUT2D eigenvalue weighted by Gasteiger charge is -2.27. The zero-order valence-corrected chi connectivity index (χ0v) is 11.6. The molecule has 0 unspecified atom stereocenters. The number of anilines is 1. The van der Waals surface area contributed by atoms with Crippen LogP contribution < -0.4 is 5.73 Å². The lowest BCUT2D eigenvalue weighted by molar-refractivity contribution is 0.0342. The van der Waals surface area contributed by atoms with Crippen molar-refractivity contribution in [1.29, 1.82) is 0 Å². The van der Waals surface area contributed by atoms with Crippen molar-refractivity contribution < 1.29 is 4.74 Å². The molecule has 1 fully saturated rings. The van der Waals surface area contributed by atoms with E-state index in [1.54, 1.807) is 0 Å². The summed E-state index contributed by atoms with van der Waals surface area (Å²) in [6.07, 6.45) is 0. The molecule has 0 atom stereocenters. The van der Waals surface area contributed by atoms with E-state index in [4.69, 9.17) is 10.5 Å². The van der Waals surface area contributed by atoms with Gasteiger partial charge in [-0.25, -0.2) is 0 Å². The molecule has 0 radical (unpaired) electrons. The second kappa shape index (κ2) is 6.07. The van der Waals surface area contributed by atoms with Crippen LogP contribution in [0.25, 0.3) is 11.1 Å². The third kappa shape index (κ3) is 3.00. The number of nitrogens with two attached hydrogens (primary N) is 1. The van der Waals surface area contributed by atoms with Crippen LogP contribution in [0, 0.1) is 0 Å². The van der Waals surface area contributed by atoms with E-state index in [9.17, 15) is 0 Å². The molecule has 0 aromatic heterocycles. The van der Waals surface area contributed by atoms with Crippen LogP contribution in [-0.4, -0.2) is 31.2 Å². The number of hydrogen-bond donors (Lipinski definition) is 1. The van der Waals surface area contributed by atoms with Gasteiger partial charge in [0.05, 0.1) is 13.2 Å². The molecule has 3 rings (SSSR count). The number of ether oxygens (including phenoxy) is 1. The zero-order chi connectivity index (χ0) is 13.8. The highest BCUT2D eigenvalue weighted by molar-refractivity contribution is 5.68. The Morgan fingerprint density at radius 2 is 1.65 bits per heavy atom. The number of hydrogen-bond acceptors (Lipinski definition) is 3. The van der Waals surface area contributed by atoms with Crippen LogP contribution in [0.2, 0.25) is 0 Å². The van der Waals surface area contributed by atoms with Crippen LogP contribution in [0.3, 0.4) is 0 Å². The molecular weight excluding hydrogens is 248 g/mol. The fourth-order valence-corrected chi connectivity index (χ4v) is 2.60. The molecule has 1 heterocycles. The molecule has 1 saturated heterocycles. The van der Waals surface area contributed by atoms with Crippen molar-refractivity contribution in [3.05, 3.63) is 54.1 Å². The van der Waals surface area contributed by atoms with E-state index >= 15 is 0 Å². The zero-order valence-electron chi connectivity index (χ0n) is 11.6. The van der Waals surface area contributed by atoms with E-state index in [0.29, 0.717) is 0 Å². The van der Waals surface area contributed by atoms with Gasteiger partial charge in [0.1, 0.15) is 0 Å². The lowest BCUT2D eigenvalue weighted by atomic mass is 9.99. The van der Waals surface area contributed by atoms with Crippen LogP contribution in [0.5, 0.6) is 0 Å². The van der Waals surface area contributed by atoms with Crippen molar-refractivity contribution in [2.24, 2.45) is 0 Å². The van der Waals surface area contributed by atoms with Gasteiger partial charge in [-0.15, -0.1) is 0 Å².